The van der Waals surface area contributed by atoms with Crippen LogP contribution in [0, 0.1) is 35.1 Å². The van der Waals surface area contributed by atoms with Crippen LogP contribution in [0.15, 0.2) is 66.7 Å². The molecule has 0 bridgehead atoms. The summed E-state index contributed by atoms with van der Waals surface area (Å²) >= 11 is 0. The summed E-state index contributed by atoms with van der Waals surface area (Å²) < 4.78 is 54.2. The topological polar surface area (TPSA) is 0 Å². The molecule has 0 spiro atoms. The number of halogens is 4. The number of benzene rings is 4. The SMILES string of the molecule is CCCc1ccc2cc(-c3ccc(C#Cc4cc(F)c(F)c(F)c4)c(F)c3)ccc2c1. The monoisotopic (exact) mass is 418 g/mol. The third-order valence-corrected chi connectivity index (χ3v) is 5.07. The molecule has 31 heavy (non-hydrogen) atoms. The first kappa shape index (κ1) is 20.7. The second kappa shape index (κ2) is 8.65. The van der Waals surface area contributed by atoms with Crippen LogP contribution in [0.3, 0.4) is 0 Å². The van der Waals surface area contributed by atoms with E-state index in [-0.39, 0.29) is 11.1 Å². The zero-order valence-electron chi connectivity index (χ0n) is 16.8. The third kappa shape index (κ3) is 4.46. The molecule has 0 aliphatic carbocycles. The van der Waals surface area contributed by atoms with Crippen molar-refractivity contribution in [3.63, 3.8) is 0 Å². The molecule has 4 heteroatoms. The van der Waals surface area contributed by atoms with Crippen LogP contribution in [-0.4, -0.2) is 0 Å². The summed E-state index contributed by atoms with van der Waals surface area (Å²) in [4.78, 5) is 0. The van der Waals surface area contributed by atoms with Gasteiger partial charge >= 0.3 is 0 Å². The number of hydrogen-bond acceptors (Lipinski definition) is 0. The fraction of sp³-hybridized carbons (Fsp3) is 0.111. The molecule has 0 aliphatic rings. The van der Waals surface area contributed by atoms with E-state index in [0.29, 0.717) is 5.56 Å². The lowest BCUT2D eigenvalue weighted by Crippen LogP contribution is -1.92. The maximum Gasteiger partial charge on any atom is 0.194 e. The van der Waals surface area contributed by atoms with E-state index < -0.39 is 23.3 Å². The molecule has 0 unspecified atom stereocenters. The molecule has 0 radical (unpaired) electrons. The van der Waals surface area contributed by atoms with Gasteiger partial charge in [0.2, 0.25) is 0 Å². The Morgan fingerprint density at radius 1 is 0.645 bits per heavy atom. The van der Waals surface area contributed by atoms with Gasteiger partial charge in [0.15, 0.2) is 17.5 Å². The van der Waals surface area contributed by atoms with Crippen molar-refractivity contribution in [2.75, 3.05) is 0 Å². The minimum atomic E-state index is -1.56. The minimum Gasteiger partial charge on any atom is -0.206 e. The maximum atomic E-state index is 14.6. The van der Waals surface area contributed by atoms with Gasteiger partial charge in [-0.25, -0.2) is 17.6 Å². The Hall–Kier alpha value is -3.58. The van der Waals surface area contributed by atoms with Gasteiger partial charge in [-0.2, -0.15) is 0 Å². The number of rotatable bonds is 3. The van der Waals surface area contributed by atoms with Gasteiger partial charge in [0.1, 0.15) is 5.82 Å². The summed E-state index contributed by atoms with van der Waals surface area (Å²) in [6, 6.07) is 18.5. The Kier molecular flexibility index (Phi) is 5.77. The predicted octanol–water partition coefficient (Wildman–Crippen LogP) is 7.42. The highest BCUT2D eigenvalue weighted by molar-refractivity contribution is 5.88. The molecule has 0 N–H and O–H groups in total. The van der Waals surface area contributed by atoms with Crippen molar-refractivity contribution in [3.8, 4) is 23.0 Å². The van der Waals surface area contributed by atoms with E-state index in [4.69, 9.17) is 0 Å². The Bertz CT molecular complexity index is 1320. The molecule has 154 valence electrons. The van der Waals surface area contributed by atoms with Crippen molar-refractivity contribution in [1.29, 1.82) is 0 Å². The summed E-state index contributed by atoms with van der Waals surface area (Å²) in [5, 5.41) is 2.21. The molecule has 0 heterocycles. The zero-order chi connectivity index (χ0) is 22.0. The van der Waals surface area contributed by atoms with Crippen molar-refractivity contribution in [1.82, 2.24) is 0 Å². The van der Waals surface area contributed by atoms with Crippen LogP contribution in [0.4, 0.5) is 17.6 Å². The van der Waals surface area contributed by atoms with E-state index in [1.165, 1.54) is 17.7 Å². The largest absolute Gasteiger partial charge is 0.206 e. The standard InChI is InChI=1S/C27H18F4/c1-2-3-17-4-7-21-15-22(11-10-20(21)12-17)23-9-8-19(24(28)16-23)6-5-18-13-25(29)27(31)26(30)14-18/h4,7-16H,2-3H2,1H3. The molecule has 0 atom stereocenters. The molecule has 0 aliphatic heterocycles. The average molecular weight is 418 g/mol. The van der Waals surface area contributed by atoms with Gasteiger partial charge in [-0.3, -0.25) is 0 Å². The number of aryl methyl sites for hydroxylation is 1. The van der Waals surface area contributed by atoms with Gasteiger partial charge in [0.05, 0.1) is 5.56 Å². The second-order valence-corrected chi connectivity index (χ2v) is 7.34. The summed E-state index contributed by atoms with van der Waals surface area (Å²) in [5.74, 6) is 0.245. The highest BCUT2D eigenvalue weighted by atomic mass is 19.2. The predicted molar refractivity (Wildman–Crippen MR) is 116 cm³/mol. The fourth-order valence-corrected chi connectivity index (χ4v) is 3.48. The van der Waals surface area contributed by atoms with Gasteiger partial charge in [-0.15, -0.1) is 0 Å². The maximum absolute atomic E-state index is 14.6. The van der Waals surface area contributed by atoms with Gasteiger partial charge in [0.25, 0.3) is 0 Å². The fourth-order valence-electron chi connectivity index (χ4n) is 3.48. The minimum absolute atomic E-state index is 0.0724. The van der Waals surface area contributed by atoms with Crippen LogP contribution in [0.25, 0.3) is 21.9 Å². The Balaban J connectivity index is 1.63. The van der Waals surface area contributed by atoms with Crippen molar-refractivity contribution in [2.45, 2.75) is 19.8 Å². The Morgan fingerprint density at radius 2 is 1.29 bits per heavy atom. The van der Waals surface area contributed by atoms with Crippen molar-refractivity contribution in [3.05, 3.63) is 107 Å². The lowest BCUT2D eigenvalue weighted by atomic mass is 9.98. The third-order valence-electron chi connectivity index (χ3n) is 5.07. The van der Waals surface area contributed by atoms with E-state index >= 15 is 0 Å². The van der Waals surface area contributed by atoms with Gasteiger partial charge in [-0.05, 0) is 64.2 Å². The molecule has 4 aromatic rings. The molecule has 0 saturated carbocycles. The second-order valence-electron chi connectivity index (χ2n) is 7.34. The normalized spacial score (nSPS) is 10.7. The van der Waals surface area contributed by atoms with E-state index in [1.54, 1.807) is 6.07 Å². The van der Waals surface area contributed by atoms with E-state index in [9.17, 15) is 17.6 Å². The highest BCUT2D eigenvalue weighted by Crippen LogP contribution is 2.27. The smallest absolute Gasteiger partial charge is 0.194 e. The summed E-state index contributed by atoms with van der Waals surface area (Å²) in [6.07, 6.45) is 2.12. The first-order chi connectivity index (χ1) is 14.9. The molecule has 4 rings (SSSR count). The summed E-state index contributed by atoms with van der Waals surface area (Å²) in [5.41, 5.74) is 2.87. The number of hydrogen-bond donors (Lipinski definition) is 0. The Labute approximate surface area is 178 Å². The summed E-state index contributed by atoms with van der Waals surface area (Å²) in [6.45, 7) is 2.14. The Morgan fingerprint density at radius 3 is 2.00 bits per heavy atom. The zero-order valence-corrected chi connectivity index (χ0v) is 16.8. The van der Waals surface area contributed by atoms with E-state index in [1.807, 2.05) is 18.2 Å². The van der Waals surface area contributed by atoms with E-state index in [2.05, 4.69) is 37.0 Å². The van der Waals surface area contributed by atoms with Crippen LogP contribution in [-0.2, 0) is 6.42 Å². The van der Waals surface area contributed by atoms with E-state index in [0.717, 1.165) is 41.3 Å². The highest BCUT2D eigenvalue weighted by Gasteiger charge is 2.10. The molecule has 0 saturated heterocycles. The van der Waals surface area contributed by atoms with Gasteiger partial charge < -0.3 is 0 Å². The first-order valence-electron chi connectivity index (χ1n) is 9.94. The van der Waals surface area contributed by atoms with Crippen LogP contribution in [0.1, 0.15) is 30.0 Å². The molecular formula is C27H18F4. The lowest BCUT2D eigenvalue weighted by Gasteiger charge is -2.07. The summed E-state index contributed by atoms with van der Waals surface area (Å²) in [7, 11) is 0. The number of fused-ring (bicyclic) bond motifs is 1. The molecular weight excluding hydrogens is 400 g/mol. The quantitative estimate of drug-likeness (QED) is 0.185. The average Bonchev–Trinajstić information content (AvgIpc) is 2.76. The van der Waals surface area contributed by atoms with Crippen LogP contribution >= 0.6 is 0 Å². The molecule has 0 nitrogen and oxygen atoms in total. The van der Waals surface area contributed by atoms with Crippen molar-refractivity contribution < 1.29 is 17.6 Å². The van der Waals surface area contributed by atoms with Crippen molar-refractivity contribution in [2.24, 2.45) is 0 Å². The first-order valence-corrected chi connectivity index (χ1v) is 9.94. The van der Waals surface area contributed by atoms with Crippen LogP contribution in [0.5, 0.6) is 0 Å². The molecule has 4 aromatic carbocycles. The van der Waals surface area contributed by atoms with Gasteiger partial charge in [-0.1, -0.05) is 61.6 Å². The molecule has 0 aromatic heterocycles. The molecule has 0 amide bonds. The lowest BCUT2D eigenvalue weighted by molar-refractivity contribution is 0.446. The van der Waals surface area contributed by atoms with Crippen LogP contribution < -0.4 is 0 Å². The van der Waals surface area contributed by atoms with Crippen LogP contribution in [0.2, 0.25) is 0 Å². The van der Waals surface area contributed by atoms with Gasteiger partial charge in [0, 0.05) is 5.56 Å². The van der Waals surface area contributed by atoms with Crippen molar-refractivity contribution >= 4 is 10.8 Å². The molecule has 0 fully saturated rings.